The highest BCUT2D eigenvalue weighted by Gasteiger charge is 2.18. The number of benzene rings is 1. The van der Waals surface area contributed by atoms with E-state index in [1.54, 1.807) is 12.2 Å². The summed E-state index contributed by atoms with van der Waals surface area (Å²) in [6.45, 7) is 1.96. The van der Waals surface area contributed by atoms with Crippen LogP contribution in [0.1, 0.15) is 5.56 Å². The zero-order chi connectivity index (χ0) is 14.5. The van der Waals surface area contributed by atoms with Gasteiger partial charge in [0.2, 0.25) is 10.0 Å². The number of nitro benzene ring substituents is 1. The van der Waals surface area contributed by atoms with E-state index >= 15 is 0 Å². The third-order valence-electron chi connectivity index (χ3n) is 2.35. The van der Waals surface area contributed by atoms with E-state index in [2.05, 4.69) is 4.72 Å². The van der Waals surface area contributed by atoms with Crippen molar-refractivity contribution in [2.75, 3.05) is 13.1 Å². The molecule has 19 heavy (non-hydrogen) atoms. The number of rotatable bonds is 6. The first-order chi connectivity index (χ1) is 8.88. The molecule has 8 heteroatoms. The van der Waals surface area contributed by atoms with Gasteiger partial charge in [-0.25, -0.2) is 13.1 Å². The Balaban J connectivity index is 2.96. The maximum absolute atomic E-state index is 12.0. The Labute approximate surface area is 111 Å². The van der Waals surface area contributed by atoms with Crippen LogP contribution in [0.25, 0.3) is 0 Å². The molecule has 0 heterocycles. The van der Waals surface area contributed by atoms with Gasteiger partial charge in [-0.15, -0.1) is 0 Å². The Morgan fingerprint density at radius 3 is 2.63 bits per heavy atom. The third-order valence-corrected chi connectivity index (χ3v) is 3.94. The molecule has 0 aromatic heterocycles. The van der Waals surface area contributed by atoms with E-state index < -0.39 is 14.9 Å². The zero-order valence-corrected chi connectivity index (χ0v) is 11.2. The molecule has 0 spiro atoms. The minimum Gasteiger partial charge on any atom is -0.327 e. The van der Waals surface area contributed by atoms with E-state index in [0.29, 0.717) is 12.1 Å². The van der Waals surface area contributed by atoms with Crippen molar-refractivity contribution in [2.45, 2.75) is 11.8 Å². The van der Waals surface area contributed by atoms with Crippen LogP contribution in [0.3, 0.4) is 0 Å². The fourth-order valence-corrected chi connectivity index (χ4v) is 2.66. The summed E-state index contributed by atoms with van der Waals surface area (Å²) in [7, 11) is -3.68. The monoisotopic (exact) mass is 285 g/mol. The summed E-state index contributed by atoms with van der Waals surface area (Å²) in [6, 6.07) is 3.62. The van der Waals surface area contributed by atoms with Crippen LogP contribution in [0.15, 0.2) is 35.2 Å². The number of nitro groups is 1. The predicted molar refractivity (Wildman–Crippen MR) is 71.2 cm³/mol. The average molecular weight is 285 g/mol. The van der Waals surface area contributed by atoms with E-state index in [4.69, 9.17) is 5.73 Å². The van der Waals surface area contributed by atoms with Gasteiger partial charge in [0.05, 0.1) is 9.82 Å². The van der Waals surface area contributed by atoms with Gasteiger partial charge in [-0.05, 0) is 18.6 Å². The highest BCUT2D eigenvalue weighted by Crippen LogP contribution is 2.20. The maximum atomic E-state index is 12.0. The lowest BCUT2D eigenvalue weighted by Crippen LogP contribution is -2.24. The van der Waals surface area contributed by atoms with Gasteiger partial charge in [-0.3, -0.25) is 10.1 Å². The van der Waals surface area contributed by atoms with Crippen LogP contribution in [0.5, 0.6) is 0 Å². The first kappa shape index (κ1) is 15.3. The van der Waals surface area contributed by atoms with E-state index in [0.717, 1.165) is 6.07 Å². The van der Waals surface area contributed by atoms with Crippen LogP contribution >= 0.6 is 0 Å². The molecule has 0 radical (unpaired) electrons. The lowest BCUT2D eigenvalue weighted by Gasteiger charge is -2.07. The minimum absolute atomic E-state index is 0.0271. The Kier molecular flexibility index (Phi) is 5.16. The van der Waals surface area contributed by atoms with E-state index in [1.165, 1.54) is 19.1 Å². The van der Waals surface area contributed by atoms with Gasteiger partial charge >= 0.3 is 0 Å². The first-order valence-corrected chi connectivity index (χ1v) is 6.96. The molecule has 7 nitrogen and oxygen atoms in total. The first-order valence-electron chi connectivity index (χ1n) is 5.48. The van der Waals surface area contributed by atoms with Crippen molar-refractivity contribution in [3.8, 4) is 0 Å². The molecule has 0 unspecified atom stereocenters. The van der Waals surface area contributed by atoms with Crippen LogP contribution in [-0.2, 0) is 10.0 Å². The number of sulfonamides is 1. The summed E-state index contributed by atoms with van der Waals surface area (Å²) < 4.78 is 26.3. The van der Waals surface area contributed by atoms with Crippen molar-refractivity contribution >= 4 is 15.7 Å². The Bertz CT molecular complexity index is 596. The zero-order valence-electron chi connectivity index (χ0n) is 10.4. The van der Waals surface area contributed by atoms with Crippen molar-refractivity contribution in [1.29, 1.82) is 0 Å². The van der Waals surface area contributed by atoms with Crippen LogP contribution in [0, 0.1) is 17.0 Å². The molecule has 1 aromatic carbocycles. The molecule has 3 N–H and O–H groups in total. The third kappa shape index (κ3) is 4.12. The van der Waals surface area contributed by atoms with Gasteiger partial charge < -0.3 is 5.73 Å². The van der Waals surface area contributed by atoms with Gasteiger partial charge in [0.15, 0.2) is 0 Å². The fourth-order valence-electron chi connectivity index (χ4n) is 1.46. The molecule has 0 bridgehead atoms. The predicted octanol–water partition coefficient (Wildman–Crippen LogP) is 0.696. The Morgan fingerprint density at radius 2 is 2.11 bits per heavy atom. The van der Waals surface area contributed by atoms with Crippen molar-refractivity contribution < 1.29 is 13.3 Å². The fraction of sp³-hybridized carbons (Fsp3) is 0.273. The van der Waals surface area contributed by atoms with Crippen LogP contribution in [0.4, 0.5) is 5.69 Å². The normalized spacial score (nSPS) is 11.9. The second-order valence-electron chi connectivity index (χ2n) is 3.77. The van der Waals surface area contributed by atoms with Gasteiger partial charge in [0.25, 0.3) is 5.69 Å². The summed E-state index contributed by atoms with van der Waals surface area (Å²) in [5.41, 5.74) is 5.41. The molecule has 104 valence electrons. The molecular weight excluding hydrogens is 270 g/mol. The van der Waals surface area contributed by atoms with Crippen molar-refractivity contribution in [3.05, 3.63) is 46.0 Å². The van der Waals surface area contributed by atoms with Crippen LogP contribution in [-0.4, -0.2) is 26.4 Å². The summed E-state index contributed by atoms with van der Waals surface area (Å²) in [5, 5.41) is 10.6. The minimum atomic E-state index is -3.68. The SMILES string of the molecule is Cc1cc([N+](=O)[O-])ccc1S(=O)(=O)NC/C=C/CN. The Hall–Kier alpha value is -1.77. The van der Waals surface area contributed by atoms with Crippen LogP contribution in [0.2, 0.25) is 0 Å². The number of nitrogens with one attached hydrogen (secondary N) is 1. The quantitative estimate of drug-likeness (QED) is 0.453. The standard InChI is InChI=1S/C11H15N3O4S/c1-9-8-10(14(15)16)4-5-11(9)19(17,18)13-7-3-2-6-12/h2-5,8,13H,6-7,12H2,1H3/b3-2+. The number of nitrogens with zero attached hydrogens (tertiary/aromatic N) is 1. The van der Waals surface area contributed by atoms with E-state index in [9.17, 15) is 18.5 Å². The molecule has 0 aliphatic heterocycles. The van der Waals surface area contributed by atoms with Gasteiger partial charge in [0.1, 0.15) is 0 Å². The summed E-state index contributed by atoms with van der Waals surface area (Å²) in [5.74, 6) is 0. The van der Waals surface area contributed by atoms with Crippen molar-refractivity contribution in [2.24, 2.45) is 5.73 Å². The average Bonchev–Trinajstić information content (AvgIpc) is 2.34. The maximum Gasteiger partial charge on any atom is 0.269 e. The highest BCUT2D eigenvalue weighted by molar-refractivity contribution is 7.89. The number of hydrogen-bond donors (Lipinski definition) is 2. The number of nitrogens with two attached hydrogens (primary N) is 1. The van der Waals surface area contributed by atoms with Gasteiger partial charge in [-0.2, -0.15) is 0 Å². The second kappa shape index (κ2) is 6.41. The highest BCUT2D eigenvalue weighted by atomic mass is 32.2. The molecule has 0 saturated heterocycles. The number of non-ortho nitro benzene ring substituents is 1. The molecule has 0 saturated carbocycles. The van der Waals surface area contributed by atoms with Crippen molar-refractivity contribution in [3.63, 3.8) is 0 Å². The van der Waals surface area contributed by atoms with Gasteiger partial charge in [0, 0.05) is 25.2 Å². The molecule has 0 amide bonds. The molecular formula is C11H15N3O4S. The molecule has 0 atom stereocenters. The number of aryl methyl sites for hydroxylation is 1. The molecule has 0 aliphatic rings. The van der Waals surface area contributed by atoms with Crippen LogP contribution < -0.4 is 10.5 Å². The molecule has 0 fully saturated rings. The topological polar surface area (TPSA) is 115 Å². The van der Waals surface area contributed by atoms with Crippen molar-refractivity contribution in [1.82, 2.24) is 4.72 Å². The summed E-state index contributed by atoms with van der Waals surface area (Å²) in [4.78, 5) is 10.0. The van der Waals surface area contributed by atoms with Gasteiger partial charge in [-0.1, -0.05) is 12.2 Å². The molecule has 0 aliphatic carbocycles. The summed E-state index contributed by atoms with van der Waals surface area (Å²) >= 11 is 0. The smallest absolute Gasteiger partial charge is 0.269 e. The van der Waals surface area contributed by atoms with E-state index in [-0.39, 0.29) is 17.1 Å². The lowest BCUT2D eigenvalue weighted by molar-refractivity contribution is -0.385. The Morgan fingerprint density at radius 1 is 1.42 bits per heavy atom. The molecule has 1 aromatic rings. The molecule has 1 rings (SSSR count). The number of hydrogen-bond acceptors (Lipinski definition) is 5. The largest absolute Gasteiger partial charge is 0.327 e. The lowest BCUT2D eigenvalue weighted by atomic mass is 10.2. The van der Waals surface area contributed by atoms with E-state index in [1.807, 2.05) is 0 Å². The second-order valence-corrected chi connectivity index (χ2v) is 5.50. The summed E-state index contributed by atoms with van der Waals surface area (Å²) in [6.07, 6.45) is 3.23.